The molecule has 116 valence electrons. The predicted molar refractivity (Wildman–Crippen MR) is 78.1 cm³/mol. The summed E-state index contributed by atoms with van der Waals surface area (Å²) in [6.07, 6.45) is 1.38. The summed E-state index contributed by atoms with van der Waals surface area (Å²) in [6, 6.07) is 6.91. The molecule has 2 N–H and O–H groups in total. The van der Waals surface area contributed by atoms with Crippen molar-refractivity contribution in [3.05, 3.63) is 52.4 Å². The number of carboxylic acids is 1. The van der Waals surface area contributed by atoms with E-state index in [2.05, 4.69) is 10.6 Å². The zero-order chi connectivity index (χ0) is 16.6. The fourth-order valence-electron chi connectivity index (χ4n) is 2.04. The van der Waals surface area contributed by atoms with Gasteiger partial charge in [-0.1, -0.05) is 23.7 Å². The van der Waals surface area contributed by atoms with E-state index in [1.54, 1.807) is 12.1 Å². The van der Waals surface area contributed by atoms with Crippen molar-refractivity contribution in [1.29, 1.82) is 0 Å². The molecule has 0 atom stereocenters. The zero-order valence-electron chi connectivity index (χ0n) is 11.4. The first kappa shape index (κ1) is 14.9. The van der Waals surface area contributed by atoms with Crippen LogP contribution in [-0.4, -0.2) is 17.9 Å². The molecule has 1 aliphatic heterocycles. The number of carboxylic acid groups (broad SMARTS) is 1. The molecule has 1 aromatic carbocycles. The summed E-state index contributed by atoms with van der Waals surface area (Å²) in [6.45, 7) is 0. The third kappa shape index (κ3) is 2.95. The minimum Gasteiger partial charge on any atom is -0.545 e. The minimum atomic E-state index is -1.37. The molecule has 0 radical (unpaired) electrons. The topological polar surface area (TPSA) is 111 Å². The third-order valence-corrected chi connectivity index (χ3v) is 3.42. The Morgan fingerprint density at radius 1 is 1.17 bits per heavy atom. The lowest BCUT2D eigenvalue weighted by molar-refractivity contribution is -0.255. The maximum atomic E-state index is 11.4. The summed E-state index contributed by atoms with van der Waals surface area (Å²) in [4.78, 5) is 33.3. The molecule has 1 aliphatic rings. The van der Waals surface area contributed by atoms with Crippen molar-refractivity contribution in [2.75, 3.05) is 0 Å². The number of carbonyl (C=O) groups is 3. The van der Waals surface area contributed by atoms with Crippen molar-refractivity contribution in [1.82, 2.24) is 10.6 Å². The molecule has 7 nitrogen and oxygen atoms in total. The van der Waals surface area contributed by atoms with Gasteiger partial charge in [-0.15, -0.1) is 0 Å². The summed E-state index contributed by atoms with van der Waals surface area (Å²) in [5, 5.41) is 15.3. The van der Waals surface area contributed by atoms with Crippen LogP contribution in [0.3, 0.4) is 0 Å². The molecule has 0 unspecified atom stereocenters. The number of imide groups is 1. The molecular weight excluding hydrogens is 324 g/mol. The van der Waals surface area contributed by atoms with Gasteiger partial charge in [-0.2, -0.15) is 0 Å². The second-order valence-electron chi connectivity index (χ2n) is 4.65. The molecule has 0 saturated carbocycles. The number of carbonyl (C=O) groups excluding carboxylic acids is 3. The highest BCUT2D eigenvalue weighted by Crippen LogP contribution is 2.27. The first-order valence-electron chi connectivity index (χ1n) is 6.39. The Morgan fingerprint density at radius 3 is 2.57 bits per heavy atom. The Kier molecular flexibility index (Phi) is 3.63. The fourth-order valence-corrected chi connectivity index (χ4v) is 2.30. The number of benzene rings is 1. The highest BCUT2D eigenvalue weighted by atomic mass is 35.5. The summed E-state index contributed by atoms with van der Waals surface area (Å²) >= 11 is 5.88. The molecule has 1 aromatic heterocycles. The van der Waals surface area contributed by atoms with E-state index in [9.17, 15) is 19.5 Å². The van der Waals surface area contributed by atoms with E-state index < -0.39 is 17.9 Å². The van der Waals surface area contributed by atoms with E-state index in [1.165, 1.54) is 24.3 Å². The lowest BCUT2D eigenvalue weighted by atomic mass is 10.1. The molecule has 0 spiro atoms. The normalized spacial score (nSPS) is 15.6. The summed E-state index contributed by atoms with van der Waals surface area (Å²) in [5.41, 5.74) is 0.514. The molecule has 1 fully saturated rings. The van der Waals surface area contributed by atoms with Crippen LogP contribution in [0.4, 0.5) is 4.79 Å². The van der Waals surface area contributed by atoms with Gasteiger partial charge in [0.05, 0.1) is 11.0 Å². The molecule has 8 heteroatoms. The van der Waals surface area contributed by atoms with E-state index in [4.69, 9.17) is 16.0 Å². The molecule has 1 saturated heterocycles. The number of rotatable bonds is 3. The minimum absolute atomic E-state index is 0.0289. The number of hydrogen-bond acceptors (Lipinski definition) is 5. The summed E-state index contributed by atoms with van der Waals surface area (Å²) in [7, 11) is 0. The van der Waals surface area contributed by atoms with Crippen molar-refractivity contribution in [3.8, 4) is 11.3 Å². The second kappa shape index (κ2) is 5.62. The van der Waals surface area contributed by atoms with Gasteiger partial charge in [-0.05, 0) is 18.2 Å². The SMILES string of the molecule is O=C1NC(=O)/C(=C\c2ccc(-c3ccc(C(=O)[O-])c(Cl)c3)o2)N1. The van der Waals surface area contributed by atoms with Crippen molar-refractivity contribution < 1.29 is 23.9 Å². The van der Waals surface area contributed by atoms with E-state index in [0.717, 1.165) is 0 Å². The van der Waals surface area contributed by atoms with Crippen LogP contribution in [0.25, 0.3) is 17.4 Å². The zero-order valence-corrected chi connectivity index (χ0v) is 12.1. The lowest BCUT2D eigenvalue weighted by Crippen LogP contribution is -2.22. The number of halogens is 1. The molecule has 3 amide bonds. The van der Waals surface area contributed by atoms with Gasteiger partial charge in [0, 0.05) is 17.2 Å². The van der Waals surface area contributed by atoms with Crippen LogP contribution in [0.1, 0.15) is 16.1 Å². The number of nitrogens with one attached hydrogen (secondary N) is 2. The van der Waals surface area contributed by atoms with Crippen molar-refractivity contribution in [3.63, 3.8) is 0 Å². The Bertz CT molecular complexity index is 869. The van der Waals surface area contributed by atoms with Crippen molar-refractivity contribution >= 4 is 35.6 Å². The average Bonchev–Trinajstić information content (AvgIpc) is 3.06. The number of hydrogen-bond donors (Lipinski definition) is 2. The van der Waals surface area contributed by atoms with Crippen LogP contribution in [-0.2, 0) is 4.79 Å². The van der Waals surface area contributed by atoms with Crippen LogP contribution in [0.15, 0.2) is 40.4 Å². The van der Waals surface area contributed by atoms with Crippen LogP contribution in [0.2, 0.25) is 5.02 Å². The number of furan rings is 1. The van der Waals surface area contributed by atoms with Crippen molar-refractivity contribution in [2.24, 2.45) is 0 Å². The molecule has 23 heavy (non-hydrogen) atoms. The van der Waals surface area contributed by atoms with Gasteiger partial charge in [-0.3, -0.25) is 10.1 Å². The van der Waals surface area contributed by atoms with E-state index in [0.29, 0.717) is 17.1 Å². The Hall–Kier alpha value is -3.06. The molecule has 0 bridgehead atoms. The van der Waals surface area contributed by atoms with Crippen LogP contribution in [0, 0.1) is 0 Å². The van der Waals surface area contributed by atoms with Gasteiger partial charge in [0.1, 0.15) is 17.2 Å². The molecule has 2 aromatic rings. The molecular formula is C15H8ClN2O5-. The quantitative estimate of drug-likeness (QED) is 0.647. The number of urea groups is 1. The molecule has 0 aliphatic carbocycles. The van der Waals surface area contributed by atoms with Gasteiger partial charge < -0.3 is 19.6 Å². The largest absolute Gasteiger partial charge is 0.545 e. The third-order valence-electron chi connectivity index (χ3n) is 3.11. The van der Waals surface area contributed by atoms with Gasteiger partial charge in [0.25, 0.3) is 5.91 Å². The standard InChI is InChI=1S/C15H9ClN2O5/c16-10-5-7(1-3-9(10)14(20)21)12-4-2-8(23-12)6-11-13(19)18-15(22)17-11/h1-6H,(H,20,21)(H2,17,18,19,22)/p-1/b11-6+. The maximum Gasteiger partial charge on any atom is 0.326 e. The Labute approximate surface area is 134 Å². The smallest absolute Gasteiger partial charge is 0.326 e. The summed E-state index contributed by atoms with van der Waals surface area (Å²) < 4.78 is 5.54. The monoisotopic (exact) mass is 331 g/mol. The van der Waals surface area contributed by atoms with Gasteiger partial charge in [-0.25, -0.2) is 4.79 Å². The van der Waals surface area contributed by atoms with Gasteiger partial charge >= 0.3 is 6.03 Å². The highest BCUT2D eigenvalue weighted by Gasteiger charge is 2.23. The maximum absolute atomic E-state index is 11.4. The molecule has 2 heterocycles. The lowest BCUT2D eigenvalue weighted by Gasteiger charge is -2.06. The van der Waals surface area contributed by atoms with Gasteiger partial charge in [0.15, 0.2) is 0 Å². The summed E-state index contributed by atoms with van der Waals surface area (Å²) in [5.74, 6) is -1.15. The van der Waals surface area contributed by atoms with Crippen LogP contribution in [0.5, 0.6) is 0 Å². The van der Waals surface area contributed by atoms with Crippen LogP contribution < -0.4 is 15.7 Å². The Morgan fingerprint density at radius 2 is 1.96 bits per heavy atom. The second-order valence-corrected chi connectivity index (χ2v) is 5.06. The Balaban J connectivity index is 1.89. The first-order valence-corrected chi connectivity index (χ1v) is 6.77. The molecule has 3 rings (SSSR count). The highest BCUT2D eigenvalue weighted by molar-refractivity contribution is 6.33. The van der Waals surface area contributed by atoms with E-state index in [-0.39, 0.29) is 16.3 Å². The van der Waals surface area contributed by atoms with Crippen molar-refractivity contribution in [2.45, 2.75) is 0 Å². The van der Waals surface area contributed by atoms with E-state index >= 15 is 0 Å². The fraction of sp³-hybridized carbons (Fsp3) is 0. The van der Waals surface area contributed by atoms with Crippen LogP contribution >= 0.6 is 11.6 Å². The van der Waals surface area contributed by atoms with E-state index in [1.807, 2.05) is 0 Å². The predicted octanol–water partition coefficient (Wildman–Crippen LogP) is 1.14. The average molecular weight is 332 g/mol. The number of aromatic carboxylic acids is 1. The first-order chi connectivity index (χ1) is 10.9. The number of amides is 3. The van der Waals surface area contributed by atoms with Gasteiger partial charge in [0.2, 0.25) is 0 Å².